The van der Waals surface area contributed by atoms with Gasteiger partial charge in [0.05, 0.1) is 16.7 Å². The minimum absolute atomic E-state index is 0.0143. The van der Waals surface area contributed by atoms with Gasteiger partial charge in [-0.3, -0.25) is 4.79 Å². The summed E-state index contributed by atoms with van der Waals surface area (Å²) in [6, 6.07) is 14.9. The van der Waals surface area contributed by atoms with Crippen molar-refractivity contribution in [2.24, 2.45) is 0 Å². The third-order valence-electron chi connectivity index (χ3n) is 3.92. The van der Waals surface area contributed by atoms with Gasteiger partial charge in [-0.1, -0.05) is 43.0 Å². The van der Waals surface area contributed by atoms with E-state index >= 15 is 0 Å². The second-order valence-electron chi connectivity index (χ2n) is 5.91. The lowest BCUT2D eigenvalue weighted by Gasteiger charge is -2.14. The molecule has 0 bridgehead atoms. The molecular weight excluding hydrogens is 467 g/mol. The van der Waals surface area contributed by atoms with Crippen molar-refractivity contribution in [2.75, 3.05) is 13.7 Å². The van der Waals surface area contributed by atoms with Gasteiger partial charge >= 0.3 is 0 Å². The lowest BCUT2D eigenvalue weighted by Crippen LogP contribution is -2.27. The van der Waals surface area contributed by atoms with Crippen LogP contribution in [0.25, 0.3) is 6.08 Å². The zero-order chi connectivity index (χ0) is 20.5. The summed E-state index contributed by atoms with van der Waals surface area (Å²) >= 11 is 2.13. The molecule has 0 aliphatic heterocycles. The Labute approximate surface area is 178 Å². The van der Waals surface area contributed by atoms with E-state index in [0.29, 0.717) is 23.7 Å². The summed E-state index contributed by atoms with van der Waals surface area (Å²) in [6.07, 6.45) is 3.18. The molecule has 2 aromatic rings. The van der Waals surface area contributed by atoms with Gasteiger partial charge in [-0.05, 0) is 58.9 Å². The van der Waals surface area contributed by atoms with Gasteiger partial charge in [0, 0.05) is 0 Å². The molecular formula is C22H21IN2O3. The number of amides is 1. The number of nitrogens with one attached hydrogen (secondary N) is 1. The first-order valence-electron chi connectivity index (χ1n) is 8.59. The highest BCUT2D eigenvalue weighted by Crippen LogP contribution is 2.34. The summed E-state index contributed by atoms with van der Waals surface area (Å²) in [7, 11) is 1.54. The number of hydrogen-bond acceptors (Lipinski definition) is 4. The highest BCUT2D eigenvalue weighted by atomic mass is 127. The average Bonchev–Trinajstić information content (AvgIpc) is 2.71. The van der Waals surface area contributed by atoms with Gasteiger partial charge in [-0.25, -0.2) is 0 Å². The van der Waals surface area contributed by atoms with E-state index in [0.717, 1.165) is 9.13 Å². The Hall–Kier alpha value is -2.79. The third kappa shape index (κ3) is 5.60. The monoisotopic (exact) mass is 488 g/mol. The summed E-state index contributed by atoms with van der Waals surface area (Å²) in [5, 5.41) is 12.3. The zero-order valence-electron chi connectivity index (χ0n) is 15.7. The Morgan fingerprint density at radius 3 is 2.68 bits per heavy atom. The Kier molecular flexibility index (Phi) is 8.08. The fourth-order valence-corrected chi connectivity index (χ4v) is 3.30. The van der Waals surface area contributed by atoms with Crippen molar-refractivity contribution in [2.45, 2.75) is 13.0 Å². The zero-order valence-corrected chi connectivity index (χ0v) is 17.9. The molecule has 0 spiro atoms. The molecule has 1 amide bonds. The number of hydrogen-bond donors (Lipinski definition) is 1. The fraction of sp³-hybridized carbons (Fsp3) is 0.182. The molecule has 0 saturated carbocycles. The van der Waals surface area contributed by atoms with Crippen molar-refractivity contribution in [1.82, 2.24) is 5.32 Å². The average molecular weight is 488 g/mol. The van der Waals surface area contributed by atoms with Crippen molar-refractivity contribution in [3.8, 4) is 17.6 Å². The molecule has 144 valence electrons. The van der Waals surface area contributed by atoms with E-state index in [1.165, 1.54) is 6.08 Å². The highest BCUT2D eigenvalue weighted by Gasteiger charge is 2.15. The van der Waals surface area contributed by atoms with Gasteiger partial charge < -0.3 is 14.8 Å². The second kappa shape index (κ2) is 10.5. The maximum absolute atomic E-state index is 12.5. The molecule has 6 heteroatoms. The largest absolute Gasteiger partial charge is 0.493 e. The molecule has 0 aliphatic rings. The predicted molar refractivity (Wildman–Crippen MR) is 118 cm³/mol. The first kappa shape index (κ1) is 21.5. The van der Waals surface area contributed by atoms with Crippen LogP contribution in [0.5, 0.6) is 11.5 Å². The fourth-order valence-electron chi connectivity index (χ4n) is 2.52. The first-order valence-corrected chi connectivity index (χ1v) is 9.66. The standard InChI is InChI=1S/C22H21IN2O3/c1-4-10-28-21-19(23)12-16(13-20(21)27-3)11-18(14-24)22(26)25-15(2)17-8-6-5-7-9-17/h4-9,11-13,15H,1,10H2,2-3H3,(H,25,26)/b18-11+/t15-/m1/s1. The van der Waals surface area contributed by atoms with Crippen LogP contribution in [0.4, 0.5) is 0 Å². The van der Waals surface area contributed by atoms with Crippen molar-refractivity contribution >= 4 is 34.6 Å². The van der Waals surface area contributed by atoms with Gasteiger partial charge in [0.1, 0.15) is 18.2 Å². The van der Waals surface area contributed by atoms with E-state index in [1.54, 1.807) is 19.3 Å². The SMILES string of the molecule is C=CCOc1c(I)cc(/C=C(\C#N)C(=O)N[C@H](C)c2ccccc2)cc1OC. The number of methoxy groups -OCH3 is 1. The van der Waals surface area contributed by atoms with Crippen LogP contribution in [-0.2, 0) is 4.79 Å². The van der Waals surface area contributed by atoms with E-state index in [-0.39, 0.29) is 11.6 Å². The van der Waals surface area contributed by atoms with Crippen LogP contribution in [0.15, 0.2) is 60.7 Å². The lowest BCUT2D eigenvalue weighted by molar-refractivity contribution is -0.117. The van der Waals surface area contributed by atoms with Gasteiger partial charge in [0.15, 0.2) is 11.5 Å². The molecule has 2 rings (SSSR count). The van der Waals surface area contributed by atoms with Crippen LogP contribution in [0.3, 0.4) is 0 Å². The van der Waals surface area contributed by atoms with Crippen LogP contribution in [0, 0.1) is 14.9 Å². The van der Waals surface area contributed by atoms with Crippen molar-refractivity contribution in [1.29, 1.82) is 5.26 Å². The quantitative estimate of drug-likeness (QED) is 0.254. The number of carbonyl (C=O) groups is 1. The lowest BCUT2D eigenvalue weighted by atomic mass is 10.1. The van der Waals surface area contributed by atoms with Crippen molar-refractivity contribution in [3.63, 3.8) is 0 Å². The maximum atomic E-state index is 12.5. The van der Waals surface area contributed by atoms with Crippen LogP contribution >= 0.6 is 22.6 Å². The summed E-state index contributed by atoms with van der Waals surface area (Å²) in [6.45, 7) is 5.86. The summed E-state index contributed by atoms with van der Waals surface area (Å²) in [5.41, 5.74) is 1.65. The topological polar surface area (TPSA) is 71.3 Å². The molecule has 0 fully saturated rings. The highest BCUT2D eigenvalue weighted by molar-refractivity contribution is 14.1. The molecule has 0 saturated heterocycles. The molecule has 2 aromatic carbocycles. The van der Waals surface area contributed by atoms with Gasteiger partial charge in [0.2, 0.25) is 0 Å². The van der Waals surface area contributed by atoms with Gasteiger partial charge in [-0.15, -0.1) is 0 Å². The minimum Gasteiger partial charge on any atom is -0.493 e. The van der Waals surface area contributed by atoms with E-state index in [4.69, 9.17) is 9.47 Å². The number of rotatable bonds is 8. The predicted octanol–water partition coefficient (Wildman–Crippen LogP) is 4.65. The van der Waals surface area contributed by atoms with Crippen molar-refractivity contribution < 1.29 is 14.3 Å². The summed E-state index contributed by atoms with van der Waals surface area (Å²) < 4.78 is 11.8. The van der Waals surface area contributed by atoms with Crippen LogP contribution < -0.4 is 14.8 Å². The molecule has 0 aromatic heterocycles. The van der Waals surface area contributed by atoms with Gasteiger partial charge in [-0.2, -0.15) is 5.26 Å². The van der Waals surface area contributed by atoms with Crippen LogP contribution in [-0.4, -0.2) is 19.6 Å². The number of nitrogens with zero attached hydrogens (tertiary/aromatic N) is 1. The normalized spacial score (nSPS) is 11.9. The number of nitriles is 1. The Balaban J connectivity index is 2.26. The number of benzene rings is 2. The maximum Gasteiger partial charge on any atom is 0.262 e. The number of carbonyl (C=O) groups excluding carboxylic acids is 1. The molecule has 5 nitrogen and oxygen atoms in total. The Morgan fingerprint density at radius 1 is 1.36 bits per heavy atom. The molecule has 28 heavy (non-hydrogen) atoms. The van der Waals surface area contributed by atoms with E-state index in [2.05, 4.69) is 34.5 Å². The summed E-state index contributed by atoms with van der Waals surface area (Å²) in [5.74, 6) is 0.691. The molecule has 1 N–H and O–H groups in total. The molecule has 1 atom stereocenters. The van der Waals surface area contributed by atoms with Crippen LogP contribution in [0.1, 0.15) is 24.1 Å². The smallest absolute Gasteiger partial charge is 0.262 e. The van der Waals surface area contributed by atoms with Crippen LogP contribution in [0.2, 0.25) is 0 Å². The summed E-state index contributed by atoms with van der Waals surface area (Å²) in [4.78, 5) is 12.5. The molecule has 0 heterocycles. The molecule has 0 unspecified atom stereocenters. The molecule has 0 radical (unpaired) electrons. The van der Waals surface area contributed by atoms with Gasteiger partial charge in [0.25, 0.3) is 5.91 Å². The van der Waals surface area contributed by atoms with E-state index in [1.807, 2.05) is 49.4 Å². The van der Waals surface area contributed by atoms with Crippen molar-refractivity contribution in [3.05, 3.63) is 75.4 Å². The number of halogens is 1. The minimum atomic E-state index is -0.431. The van der Waals surface area contributed by atoms with E-state index < -0.39 is 5.91 Å². The number of ether oxygens (including phenoxy) is 2. The van der Waals surface area contributed by atoms with E-state index in [9.17, 15) is 10.1 Å². The first-order chi connectivity index (χ1) is 13.5. The third-order valence-corrected chi connectivity index (χ3v) is 4.72. The Morgan fingerprint density at radius 2 is 2.07 bits per heavy atom. The second-order valence-corrected chi connectivity index (χ2v) is 7.07. The Bertz CT molecular complexity index is 917. The molecule has 0 aliphatic carbocycles.